The van der Waals surface area contributed by atoms with Crippen molar-refractivity contribution < 1.29 is 53.0 Å². The SMILES string of the molecule is CCCCCCCCCCCCCCCCCCCCO/C(=C(/F)C(F)(C(F)(F)F)C(F)(F)F)C(F)(F)F. The molecule has 0 N–H and O–H groups in total. The number of allylic oxidation sites excluding steroid dienone is 2. The predicted molar refractivity (Wildman–Crippen MR) is 125 cm³/mol. The smallest absolute Gasteiger partial charge is 0.451 e. The zero-order valence-corrected chi connectivity index (χ0v) is 22.0. The second kappa shape index (κ2) is 18.2. The third kappa shape index (κ3) is 13.7. The lowest BCUT2D eigenvalue weighted by Gasteiger charge is -2.29. The van der Waals surface area contributed by atoms with Crippen molar-refractivity contribution in [2.45, 2.75) is 147 Å². The quantitative estimate of drug-likeness (QED) is 0.0748. The molecule has 0 unspecified atom stereocenters. The molecular weight excluding hydrogens is 537 g/mol. The van der Waals surface area contributed by atoms with E-state index in [0.29, 0.717) is 6.42 Å². The third-order valence-corrected chi connectivity index (χ3v) is 6.28. The summed E-state index contributed by atoms with van der Waals surface area (Å²) in [5.41, 5.74) is -6.83. The van der Waals surface area contributed by atoms with Crippen LogP contribution >= 0.6 is 0 Å². The average molecular weight is 579 g/mol. The fraction of sp³-hybridized carbons (Fsp3) is 0.923. The van der Waals surface area contributed by atoms with Crippen LogP contribution in [0.15, 0.2) is 11.6 Å². The molecule has 0 heterocycles. The van der Waals surface area contributed by atoms with Crippen LogP contribution in [0.2, 0.25) is 0 Å². The summed E-state index contributed by atoms with van der Waals surface area (Å²) >= 11 is 0. The van der Waals surface area contributed by atoms with Crippen LogP contribution in [0.5, 0.6) is 0 Å². The Morgan fingerprint density at radius 1 is 0.474 bits per heavy atom. The van der Waals surface area contributed by atoms with Gasteiger partial charge in [0.1, 0.15) is 0 Å². The summed E-state index contributed by atoms with van der Waals surface area (Å²) < 4.78 is 145. The Labute approximate surface area is 218 Å². The zero-order valence-electron chi connectivity index (χ0n) is 22.0. The first-order chi connectivity index (χ1) is 17.6. The molecule has 0 aliphatic carbocycles. The van der Waals surface area contributed by atoms with Gasteiger partial charge < -0.3 is 4.74 Å². The Morgan fingerprint density at radius 2 is 0.763 bits per heavy atom. The summed E-state index contributed by atoms with van der Waals surface area (Å²) in [6.07, 6.45) is -2.04. The van der Waals surface area contributed by atoms with Crippen molar-refractivity contribution in [3.8, 4) is 0 Å². The van der Waals surface area contributed by atoms with Crippen LogP contribution in [-0.4, -0.2) is 30.8 Å². The van der Waals surface area contributed by atoms with E-state index in [9.17, 15) is 48.3 Å². The number of hydrogen-bond donors (Lipinski definition) is 0. The third-order valence-electron chi connectivity index (χ3n) is 6.28. The molecule has 0 atom stereocenters. The summed E-state index contributed by atoms with van der Waals surface area (Å²) in [5.74, 6) is -7.37. The number of alkyl halides is 10. The molecule has 0 aliphatic heterocycles. The second-order valence-corrected chi connectivity index (χ2v) is 9.65. The van der Waals surface area contributed by atoms with E-state index in [4.69, 9.17) is 0 Å². The van der Waals surface area contributed by atoms with Crippen LogP contribution in [0.4, 0.5) is 48.3 Å². The zero-order chi connectivity index (χ0) is 29.3. The molecule has 38 heavy (non-hydrogen) atoms. The van der Waals surface area contributed by atoms with Gasteiger partial charge in [-0.15, -0.1) is 0 Å². The van der Waals surface area contributed by atoms with Crippen molar-refractivity contribution in [2.75, 3.05) is 6.61 Å². The highest BCUT2D eigenvalue weighted by Gasteiger charge is 2.77. The molecule has 0 saturated carbocycles. The van der Waals surface area contributed by atoms with Gasteiger partial charge in [-0.2, -0.15) is 39.5 Å². The van der Waals surface area contributed by atoms with Crippen molar-refractivity contribution in [3.63, 3.8) is 0 Å². The fourth-order valence-electron chi connectivity index (χ4n) is 4.01. The molecule has 0 aromatic rings. The minimum atomic E-state index is -7.01. The van der Waals surface area contributed by atoms with E-state index in [1.54, 1.807) is 0 Å². The van der Waals surface area contributed by atoms with Crippen LogP contribution < -0.4 is 0 Å². The van der Waals surface area contributed by atoms with Crippen molar-refractivity contribution in [3.05, 3.63) is 11.6 Å². The summed E-state index contributed by atoms with van der Waals surface area (Å²) in [6.45, 7) is 1.19. The molecule has 228 valence electrons. The van der Waals surface area contributed by atoms with Crippen molar-refractivity contribution in [1.29, 1.82) is 0 Å². The average Bonchev–Trinajstić information content (AvgIpc) is 2.79. The Morgan fingerprint density at radius 3 is 1.03 bits per heavy atom. The van der Waals surface area contributed by atoms with Gasteiger partial charge in [0, 0.05) is 0 Å². The maximum Gasteiger partial charge on any atom is 0.451 e. The Kier molecular flexibility index (Phi) is 17.6. The maximum atomic E-state index is 13.8. The van der Waals surface area contributed by atoms with Crippen molar-refractivity contribution in [1.82, 2.24) is 0 Å². The van der Waals surface area contributed by atoms with Crippen molar-refractivity contribution >= 4 is 0 Å². The van der Waals surface area contributed by atoms with E-state index < -0.39 is 42.4 Å². The van der Waals surface area contributed by atoms with Gasteiger partial charge in [-0.3, -0.25) is 0 Å². The molecule has 0 aliphatic rings. The number of halogens is 11. The van der Waals surface area contributed by atoms with E-state index in [2.05, 4.69) is 11.7 Å². The fourth-order valence-corrected chi connectivity index (χ4v) is 4.01. The van der Waals surface area contributed by atoms with Gasteiger partial charge in [0.2, 0.25) is 11.6 Å². The number of hydrogen-bond acceptors (Lipinski definition) is 1. The van der Waals surface area contributed by atoms with Crippen LogP contribution in [0.1, 0.15) is 122 Å². The standard InChI is InChI=1S/C26H41F11O/c1-2-3-4-5-6-7-8-9-10-11-12-13-14-15-16-17-18-19-20-38-22(24(29,30)31)21(27)23(28,25(32,33)34)26(35,36)37/h2-20H2,1H3/b22-21+. The van der Waals surface area contributed by atoms with Gasteiger partial charge in [-0.1, -0.05) is 116 Å². The molecule has 0 rings (SSSR count). The van der Waals surface area contributed by atoms with E-state index >= 15 is 0 Å². The minimum Gasteiger partial charge on any atom is -0.487 e. The Balaban J connectivity index is 4.16. The van der Waals surface area contributed by atoms with Gasteiger partial charge in [0.25, 0.3) is 0 Å². The molecule has 0 fully saturated rings. The first-order valence-electron chi connectivity index (χ1n) is 13.5. The summed E-state index contributed by atoms with van der Waals surface area (Å²) in [4.78, 5) is 0. The highest BCUT2D eigenvalue weighted by Crippen LogP contribution is 2.53. The molecule has 0 aromatic heterocycles. The lowest BCUT2D eigenvalue weighted by molar-refractivity contribution is -0.333. The van der Waals surface area contributed by atoms with Crippen LogP contribution in [0.3, 0.4) is 0 Å². The van der Waals surface area contributed by atoms with Gasteiger partial charge in [-0.05, 0) is 6.42 Å². The van der Waals surface area contributed by atoms with Crippen molar-refractivity contribution in [2.24, 2.45) is 0 Å². The van der Waals surface area contributed by atoms with E-state index in [-0.39, 0.29) is 12.8 Å². The largest absolute Gasteiger partial charge is 0.487 e. The van der Waals surface area contributed by atoms with Gasteiger partial charge in [0.15, 0.2) is 0 Å². The predicted octanol–water partition coefficient (Wildman–Crippen LogP) is 11.6. The lowest BCUT2D eigenvalue weighted by atomic mass is 10.0. The highest BCUT2D eigenvalue weighted by molar-refractivity contribution is 5.23. The first-order valence-corrected chi connectivity index (χ1v) is 13.5. The topological polar surface area (TPSA) is 9.23 Å². The number of rotatable bonds is 21. The number of unbranched alkanes of at least 4 members (excludes halogenated alkanes) is 17. The Bertz CT molecular complexity index is 623. The van der Waals surface area contributed by atoms with E-state index in [1.807, 2.05) is 0 Å². The summed E-state index contributed by atoms with van der Waals surface area (Å²) in [6, 6.07) is 0. The monoisotopic (exact) mass is 578 g/mol. The molecule has 1 nitrogen and oxygen atoms in total. The minimum absolute atomic E-state index is 0.178. The molecule has 0 aromatic carbocycles. The van der Waals surface area contributed by atoms with Crippen LogP contribution in [-0.2, 0) is 4.74 Å². The molecule has 0 amide bonds. The summed E-state index contributed by atoms with van der Waals surface area (Å²) in [5, 5.41) is 0. The lowest BCUT2D eigenvalue weighted by Crippen LogP contribution is -2.54. The molecule has 0 radical (unpaired) electrons. The van der Waals surface area contributed by atoms with E-state index in [1.165, 1.54) is 64.2 Å². The van der Waals surface area contributed by atoms with Gasteiger partial charge in [-0.25, -0.2) is 8.78 Å². The highest BCUT2D eigenvalue weighted by atomic mass is 19.4. The van der Waals surface area contributed by atoms with Gasteiger partial charge in [0.05, 0.1) is 6.61 Å². The molecule has 0 bridgehead atoms. The normalized spacial score (nSPS) is 14.1. The van der Waals surface area contributed by atoms with Gasteiger partial charge >= 0.3 is 24.2 Å². The Hall–Kier alpha value is -1.23. The van der Waals surface area contributed by atoms with Crippen LogP contribution in [0.25, 0.3) is 0 Å². The van der Waals surface area contributed by atoms with E-state index in [0.717, 1.165) is 32.1 Å². The first kappa shape index (κ1) is 36.8. The molecule has 12 heteroatoms. The molecule has 0 spiro atoms. The molecule has 0 saturated heterocycles. The summed E-state index contributed by atoms with van der Waals surface area (Å²) in [7, 11) is 0. The number of ether oxygens (including phenoxy) is 1. The maximum absolute atomic E-state index is 13.8. The second-order valence-electron chi connectivity index (χ2n) is 9.65. The molecular formula is C26H41F11O. The van der Waals surface area contributed by atoms with Crippen LogP contribution in [0, 0.1) is 0 Å².